The van der Waals surface area contributed by atoms with Crippen LogP contribution in [-0.4, -0.2) is 68.4 Å². The molecule has 8 nitrogen and oxygen atoms in total. The Hall–Kier alpha value is -3.82. The number of anilines is 2. The van der Waals surface area contributed by atoms with E-state index in [1.807, 2.05) is 42.1 Å². The van der Waals surface area contributed by atoms with Crippen molar-refractivity contribution in [1.29, 1.82) is 5.41 Å². The first-order valence-electron chi connectivity index (χ1n) is 13.2. The Balaban J connectivity index is 1.37. The molecule has 1 heterocycles. The third-order valence-electron chi connectivity index (χ3n) is 6.56. The van der Waals surface area contributed by atoms with Crippen molar-refractivity contribution in [2.75, 3.05) is 51.4 Å². The molecule has 0 aromatic heterocycles. The number of carbonyl (C=O) groups excluding carboxylic acids is 1. The lowest BCUT2D eigenvalue weighted by molar-refractivity contribution is -0.133. The lowest BCUT2D eigenvalue weighted by Crippen LogP contribution is -2.45. The summed E-state index contributed by atoms with van der Waals surface area (Å²) >= 11 is 6.43. The molecule has 0 aliphatic carbocycles. The summed E-state index contributed by atoms with van der Waals surface area (Å²) in [5.74, 6) is 1.11. The van der Waals surface area contributed by atoms with Crippen LogP contribution in [0.3, 0.4) is 0 Å². The van der Waals surface area contributed by atoms with Gasteiger partial charge in [-0.3, -0.25) is 10.2 Å². The number of amides is 1. The zero-order valence-electron chi connectivity index (χ0n) is 23.0. The molecule has 0 bridgehead atoms. The minimum absolute atomic E-state index is 0.00226. The van der Waals surface area contributed by atoms with Crippen molar-refractivity contribution in [2.24, 2.45) is 0 Å². The van der Waals surface area contributed by atoms with Gasteiger partial charge in [-0.05, 0) is 68.2 Å². The standard InChI is InChI=1S/C30H35ClFN5O3/c1-34-27-9-8-24(40-23-11-13-37(14-12-23)29(38)18-36(2)3)17-25(27)30(33)35-22-7-10-28(26(31)16-22)39-19-20-5-4-6-21(32)15-20/h4-10,15-17,23,34H,11-14,18-19H2,1-3H3,(H2,33,35). The van der Waals surface area contributed by atoms with E-state index < -0.39 is 0 Å². The number of hydrogen-bond donors (Lipinski definition) is 3. The second-order valence-corrected chi connectivity index (χ2v) is 10.4. The fraction of sp³-hybridized carbons (Fsp3) is 0.333. The average molecular weight is 568 g/mol. The van der Waals surface area contributed by atoms with Crippen LogP contribution in [0.15, 0.2) is 60.7 Å². The minimum atomic E-state index is -0.321. The van der Waals surface area contributed by atoms with Gasteiger partial charge in [0, 0.05) is 49.9 Å². The molecular formula is C30H35ClFN5O3. The summed E-state index contributed by atoms with van der Waals surface area (Å²) in [6.07, 6.45) is 1.51. The Morgan fingerprint density at radius 3 is 2.58 bits per heavy atom. The minimum Gasteiger partial charge on any atom is -0.490 e. The van der Waals surface area contributed by atoms with Crippen LogP contribution in [0.5, 0.6) is 11.5 Å². The van der Waals surface area contributed by atoms with Gasteiger partial charge in [0.15, 0.2) is 0 Å². The third kappa shape index (κ3) is 7.86. The molecule has 0 spiro atoms. The van der Waals surface area contributed by atoms with Crippen LogP contribution >= 0.6 is 11.6 Å². The Kier molecular flexibility index (Phi) is 9.84. The molecule has 1 aliphatic heterocycles. The van der Waals surface area contributed by atoms with Crippen molar-refractivity contribution in [2.45, 2.75) is 25.6 Å². The molecule has 1 amide bonds. The number of benzene rings is 3. The highest BCUT2D eigenvalue weighted by molar-refractivity contribution is 6.32. The topological polar surface area (TPSA) is 89.9 Å². The van der Waals surface area contributed by atoms with Crippen LogP contribution in [0.4, 0.5) is 15.8 Å². The van der Waals surface area contributed by atoms with E-state index in [0.717, 1.165) is 18.5 Å². The number of halogens is 2. The van der Waals surface area contributed by atoms with E-state index in [1.54, 1.807) is 37.4 Å². The predicted octanol–water partition coefficient (Wildman–Crippen LogP) is 5.47. The maximum Gasteiger partial charge on any atom is 0.236 e. The summed E-state index contributed by atoms with van der Waals surface area (Å²) in [6.45, 7) is 1.92. The zero-order valence-corrected chi connectivity index (χ0v) is 23.7. The SMILES string of the molecule is CNc1ccc(OC2CCN(C(=O)CN(C)C)CC2)cc1C(=N)Nc1ccc(OCc2cccc(F)c2)c(Cl)c1. The molecule has 1 fully saturated rings. The summed E-state index contributed by atoms with van der Waals surface area (Å²) in [5, 5.41) is 15.3. The van der Waals surface area contributed by atoms with Gasteiger partial charge < -0.3 is 29.9 Å². The van der Waals surface area contributed by atoms with Gasteiger partial charge in [0.25, 0.3) is 0 Å². The largest absolute Gasteiger partial charge is 0.490 e. The molecular weight excluding hydrogens is 533 g/mol. The second kappa shape index (κ2) is 13.5. The van der Waals surface area contributed by atoms with E-state index in [1.165, 1.54) is 12.1 Å². The van der Waals surface area contributed by atoms with Crippen molar-refractivity contribution >= 4 is 34.7 Å². The molecule has 212 valence electrons. The highest BCUT2D eigenvalue weighted by Gasteiger charge is 2.24. The highest BCUT2D eigenvalue weighted by Crippen LogP contribution is 2.30. The van der Waals surface area contributed by atoms with Crippen LogP contribution in [0.2, 0.25) is 5.02 Å². The normalized spacial score (nSPS) is 13.7. The Morgan fingerprint density at radius 1 is 1.12 bits per heavy atom. The number of nitrogens with one attached hydrogen (secondary N) is 3. The summed E-state index contributed by atoms with van der Waals surface area (Å²) in [4.78, 5) is 16.1. The van der Waals surface area contributed by atoms with Crippen LogP contribution in [0.25, 0.3) is 0 Å². The first-order chi connectivity index (χ1) is 19.2. The fourth-order valence-corrected chi connectivity index (χ4v) is 4.74. The average Bonchev–Trinajstić information content (AvgIpc) is 2.92. The molecule has 1 saturated heterocycles. The number of carbonyl (C=O) groups is 1. The number of rotatable bonds is 10. The first kappa shape index (κ1) is 29.2. The fourth-order valence-electron chi connectivity index (χ4n) is 4.50. The summed E-state index contributed by atoms with van der Waals surface area (Å²) in [7, 11) is 5.58. The number of ether oxygens (including phenoxy) is 2. The molecule has 0 radical (unpaired) electrons. The maximum atomic E-state index is 13.4. The Bertz CT molecular complexity index is 1340. The van der Waals surface area contributed by atoms with Crippen LogP contribution in [0, 0.1) is 11.2 Å². The van der Waals surface area contributed by atoms with E-state index >= 15 is 0 Å². The van der Waals surface area contributed by atoms with Crippen molar-refractivity contribution < 1.29 is 18.7 Å². The first-order valence-corrected chi connectivity index (χ1v) is 13.5. The molecule has 40 heavy (non-hydrogen) atoms. The van der Waals surface area contributed by atoms with Crippen LogP contribution in [0.1, 0.15) is 24.0 Å². The highest BCUT2D eigenvalue weighted by atomic mass is 35.5. The van der Waals surface area contributed by atoms with Gasteiger partial charge in [0.2, 0.25) is 5.91 Å². The quantitative estimate of drug-likeness (QED) is 0.222. The lowest BCUT2D eigenvalue weighted by Gasteiger charge is -2.33. The summed E-state index contributed by atoms with van der Waals surface area (Å²) in [5.41, 5.74) is 2.73. The molecule has 4 rings (SSSR count). The molecule has 1 aliphatic rings. The third-order valence-corrected chi connectivity index (χ3v) is 6.86. The van der Waals surface area contributed by atoms with Gasteiger partial charge in [-0.1, -0.05) is 23.7 Å². The van der Waals surface area contributed by atoms with E-state index in [-0.39, 0.29) is 30.3 Å². The zero-order chi connectivity index (χ0) is 28.6. The second-order valence-electron chi connectivity index (χ2n) is 9.96. The van der Waals surface area contributed by atoms with Crippen molar-refractivity contribution in [3.63, 3.8) is 0 Å². The smallest absolute Gasteiger partial charge is 0.236 e. The number of nitrogens with zero attached hydrogens (tertiary/aromatic N) is 2. The van der Waals surface area contributed by atoms with Crippen LogP contribution < -0.4 is 20.1 Å². The van der Waals surface area contributed by atoms with Crippen molar-refractivity contribution in [3.05, 3.63) is 82.6 Å². The Labute approximate surface area is 239 Å². The monoisotopic (exact) mass is 567 g/mol. The molecule has 10 heteroatoms. The molecule has 3 aromatic carbocycles. The van der Waals surface area contributed by atoms with Gasteiger partial charge >= 0.3 is 0 Å². The van der Waals surface area contributed by atoms with Gasteiger partial charge in [0.05, 0.1) is 11.6 Å². The predicted molar refractivity (Wildman–Crippen MR) is 157 cm³/mol. The van der Waals surface area contributed by atoms with Crippen LogP contribution in [-0.2, 0) is 11.4 Å². The van der Waals surface area contributed by atoms with Crippen molar-refractivity contribution in [3.8, 4) is 11.5 Å². The molecule has 3 aromatic rings. The van der Waals surface area contributed by atoms with Crippen molar-refractivity contribution in [1.82, 2.24) is 9.80 Å². The Morgan fingerprint density at radius 2 is 1.90 bits per heavy atom. The lowest BCUT2D eigenvalue weighted by atomic mass is 10.1. The molecule has 0 unspecified atom stereocenters. The van der Waals surface area contributed by atoms with Gasteiger partial charge in [-0.25, -0.2) is 4.39 Å². The number of amidine groups is 1. The summed E-state index contributed by atoms with van der Waals surface area (Å²) in [6, 6.07) is 17.0. The van der Waals surface area contributed by atoms with E-state index in [9.17, 15) is 9.18 Å². The number of likely N-dealkylation sites (N-methyl/N-ethyl adjacent to an activating group) is 1. The number of likely N-dealkylation sites (tertiary alicyclic amines) is 1. The summed E-state index contributed by atoms with van der Waals surface area (Å²) < 4.78 is 25.4. The van der Waals surface area contributed by atoms with Gasteiger partial charge in [-0.2, -0.15) is 0 Å². The van der Waals surface area contributed by atoms with Gasteiger partial charge in [0.1, 0.15) is 35.9 Å². The van der Waals surface area contributed by atoms with E-state index in [0.29, 0.717) is 53.0 Å². The van der Waals surface area contributed by atoms with Gasteiger partial charge in [-0.15, -0.1) is 0 Å². The van der Waals surface area contributed by atoms with E-state index in [4.69, 9.17) is 26.5 Å². The molecule has 0 saturated carbocycles. The number of hydrogen-bond acceptors (Lipinski definition) is 6. The maximum absolute atomic E-state index is 13.4. The number of piperidine rings is 1. The van der Waals surface area contributed by atoms with E-state index in [2.05, 4.69) is 10.6 Å². The molecule has 0 atom stereocenters. The molecule has 3 N–H and O–H groups in total.